The lowest BCUT2D eigenvalue weighted by Crippen LogP contribution is -2.24. The maximum Gasteiger partial charge on any atom is 0.165 e. The minimum Gasteiger partial charge on any atom is -0.505 e. The highest BCUT2D eigenvalue weighted by molar-refractivity contribution is 9.10. The van der Waals surface area contributed by atoms with Crippen molar-refractivity contribution in [3.05, 3.63) is 57.8 Å². The van der Waals surface area contributed by atoms with Gasteiger partial charge in [0.1, 0.15) is 11.9 Å². The Balaban J connectivity index is 1.94. The summed E-state index contributed by atoms with van der Waals surface area (Å²) in [7, 11) is 0. The number of fused-ring (bicyclic) bond motifs is 1. The third-order valence-corrected chi connectivity index (χ3v) is 3.95. The maximum absolute atomic E-state index is 13.4. The Bertz CT molecular complexity index is 662. The van der Waals surface area contributed by atoms with Gasteiger partial charge in [0.25, 0.3) is 0 Å². The highest BCUT2D eigenvalue weighted by Crippen LogP contribution is 2.41. The molecule has 3 N–H and O–H groups in total. The highest BCUT2D eigenvalue weighted by Gasteiger charge is 2.27. The molecule has 104 valence electrons. The monoisotopic (exact) mass is 337 g/mol. The van der Waals surface area contributed by atoms with Gasteiger partial charge in [-0.05, 0) is 35.9 Å². The largest absolute Gasteiger partial charge is 0.505 e. The minimum atomic E-state index is -0.652. The van der Waals surface area contributed by atoms with Crippen molar-refractivity contribution in [2.45, 2.75) is 18.6 Å². The van der Waals surface area contributed by atoms with E-state index in [9.17, 15) is 9.50 Å². The van der Waals surface area contributed by atoms with Crippen LogP contribution in [0.3, 0.4) is 0 Å². The number of phenolic OH excluding ortho intramolecular Hbond substituents is 1. The normalized spacial score (nSPS) is 21.1. The Morgan fingerprint density at radius 1 is 1.25 bits per heavy atom. The smallest absolute Gasteiger partial charge is 0.165 e. The van der Waals surface area contributed by atoms with Gasteiger partial charge in [0.15, 0.2) is 11.6 Å². The zero-order chi connectivity index (χ0) is 14.3. The number of aromatic hydroxyl groups is 1. The molecule has 2 atom stereocenters. The van der Waals surface area contributed by atoms with Crippen molar-refractivity contribution in [2.75, 3.05) is 0 Å². The molecule has 0 bridgehead atoms. The molecule has 0 spiro atoms. The Labute approximate surface area is 124 Å². The Morgan fingerprint density at radius 3 is 2.80 bits per heavy atom. The number of hydrogen-bond donors (Lipinski definition) is 2. The molecule has 2 unspecified atom stereocenters. The average molecular weight is 338 g/mol. The van der Waals surface area contributed by atoms with Gasteiger partial charge in [-0.15, -0.1) is 0 Å². The van der Waals surface area contributed by atoms with Crippen molar-refractivity contribution in [1.82, 2.24) is 0 Å². The van der Waals surface area contributed by atoms with E-state index in [1.54, 1.807) is 6.07 Å². The summed E-state index contributed by atoms with van der Waals surface area (Å²) in [6.07, 6.45) is 0.252. The summed E-state index contributed by atoms with van der Waals surface area (Å²) in [6, 6.07) is 9.77. The predicted molar refractivity (Wildman–Crippen MR) is 77.1 cm³/mol. The standard InChI is InChI=1S/C15H13BrFNO2/c16-9-2-4-14-10(6-9)12(18)7-15(20-14)8-1-3-13(19)11(17)5-8/h1-6,12,15,19H,7,18H2. The maximum atomic E-state index is 13.4. The molecule has 0 amide bonds. The lowest BCUT2D eigenvalue weighted by atomic mass is 9.93. The van der Waals surface area contributed by atoms with Gasteiger partial charge >= 0.3 is 0 Å². The fourth-order valence-electron chi connectivity index (χ4n) is 2.40. The molecule has 2 aromatic rings. The fourth-order valence-corrected chi connectivity index (χ4v) is 2.78. The van der Waals surface area contributed by atoms with E-state index in [2.05, 4.69) is 15.9 Å². The molecule has 1 aliphatic heterocycles. The summed E-state index contributed by atoms with van der Waals surface area (Å²) < 4.78 is 20.3. The van der Waals surface area contributed by atoms with Crippen LogP contribution in [-0.2, 0) is 0 Å². The van der Waals surface area contributed by atoms with Crippen LogP contribution >= 0.6 is 15.9 Å². The number of benzene rings is 2. The zero-order valence-electron chi connectivity index (χ0n) is 10.5. The van der Waals surface area contributed by atoms with Crippen LogP contribution in [0.2, 0.25) is 0 Å². The van der Waals surface area contributed by atoms with Gasteiger partial charge in [0.05, 0.1) is 0 Å². The number of nitrogens with two attached hydrogens (primary N) is 1. The molecule has 3 rings (SSSR count). The third-order valence-electron chi connectivity index (χ3n) is 3.45. The molecule has 20 heavy (non-hydrogen) atoms. The summed E-state index contributed by atoms with van der Waals surface area (Å²) in [5.74, 6) is -0.301. The fraction of sp³-hybridized carbons (Fsp3) is 0.200. The van der Waals surface area contributed by atoms with E-state index in [0.717, 1.165) is 10.0 Å². The van der Waals surface area contributed by atoms with Crippen molar-refractivity contribution in [3.63, 3.8) is 0 Å². The molecule has 2 aromatic carbocycles. The van der Waals surface area contributed by atoms with Gasteiger partial charge in [-0.25, -0.2) is 4.39 Å². The molecule has 0 aromatic heterocycles. The van der Waals surface area contributed by atoms with Gasteiger partial charge in [-0.3, -0.25) is 0 Å². The minimum absolute atomic E-state index is 0.168. The van der Waals surface area contributed by atoms with Gasteiger partial charge in [-0.2, -0.15) is 0 Å². The topological polar surface area (TPSA) is 55.5 Å². The Hall–Kier alpha value is -1.59. The summed E-state index contributed by atoms with van der Waals surface area (Å²) >= 11 is 3.41. The molecule has 5 heteroatoms. The van der Waals surface area contributed by atoms with Crippen LogP contribution in [0.25, 0.3) is 0 Å². The van der Waals surface area contributed by atoms with Gasteiger partial charge in [-0.1, -0.05) is 22.0 Å². The lowest BCUT2D eigenvalue weighted by Gasteiger charge is -2.30. The average Bonchev–Trinajstić information content (AvgIpc) is 2.42. The van der Waals surface area contributed by atoms with Crippen LogP contribution in [0, 0.1) is 5.82 Å². The molecule has 3 nitrogen and oxygen atoms in total. The van der Waals surface area contributed by atoms with E-state index in [4.69, 9.17) is 10.5 Å². The molecule has 0 saturated heterocycles. The molecule has 0 saturated carbocycles. The molecule has 0 radical (unpaired) electrons. The van der Waals surface area contributed by atoms with Crippen LogP contribution < -0.4 is 10.5 Å². The highest BCUT2D eigenvalue weighted by atomic mass is 79.9. The second-order valence-electron chi connectivity index (χ2n) is 4.84. The molecule has 0 aliphatic carbocycles. The van der Waals surface area contributed by atoms with Gasteiger partial charge in [0.2, 0.25) is 0 Å². The van der Waals surface area contributed by atoms with Crippen LogP contribution in [0.4, 0.5) is 4.39 Å². The third kappa shape index (κ3) is 2.39. The van der Waals surface area contributed by atoms with Crippen LogP contribution in [0.5, 0.6) is 11.5 Å². The van der Waals surface area contributed by atoms with Crippen LogP contribution in [0.15, 0.2) is 40.9 Å². The predicted octanol–water partition coefficient (Wildman–Crippen LogP) is 3.82. The number of phenols is 1. The molecule has 1 heterocycles. The van der Waals surface area contributed by atoms with Crippen molar-refractivity contribution < 1.29 is 14.2 Å². The van der Waals surface area contributed by atoms with E-state index in [0.29, 0.717) is 17.7 Å². The van der Waals surface area contributed by atoms with Crippen molar-refractivity contribution in [1.29, 1.82) is 0 Å². The summed E-state index contributed by atoms with van der Waals surface area (Å²) in [6.45, 7) is 0. The summed E-state index contributed by atoms with van der Waals surface area (Å²) in [4.78, 5) is 0. The lowest BCUT2D eigenvalue weighted by molar-refractivity contribution is 0.161. The van der Waals surface area contributed by atoms with E-state index >= 15 is 0 Å². The van der Waals surface area contributed by atoms with Crippen molar-refractivity contribution >= 4 is 15.9 Å². The van der Waals surface area contributed by atoms with E-state index in [1.807, 2.05) is 18.2 Å². The molecular formula is C15H13BrFNO2. The van der Waals surface area contributed by atoms with Crippen LogP contribution in [-0.4, -0.2) is 5.11 Å². The van der Waals surface area contributed by atoms with Gasteiger partial charge < -0.3 is 15.6 Å². The second-order valence-corrected chi connectivity index (χ2v) is 5.76. The SMILES string of the molecule is NC1CC(c2ccc(O)c(F)c2)Oc2ccc(Br)cc21. The van der Waals surface area contributed by atoms with Crippen LogP contribution in [0.1, 0.15) is 29.7 Å². The first kappa shape index (κ1) is 13.4. The molecule has 0 fully saturated rings. The van der Waals surface area contributed by atoms with E-state index in [-0.39, 0.29) is 17.9 Å². The number of halogens is 2. The van der Waals surface area contributed by atoms with Crippen molar-refractivity contribution in [2.24, 2.45) is 5.73 Å². The van der Waals surface area contributed by atoms with E-state index in [1.165, 1.54) is 12.1 Å². The Morgan fingerprint density at radius 2 is 2.05 bits per heavy atom. The first-order chi connectivity index (χ1) is 9.54. The first-order valence-corrected chi connectivity index (χ1v) is 7.04. The second kappa shape index (κ2) is 5.07. The Kier molecular flexibility index (Phi) is 3.40. The van der Waals surface area contributed by atoms with Gasteiger partial charge in [0, 0.05) is 22.5 Å². The van der Waals surface area contributed by atoms with Crippen molar-refractivity contribution in [3.8, 4) is 11.5 Å². The number of rotatable bonds is 1. The van der Waals surface area contributed by atoms with E-state index < -0.39 is 5.82 Å². The summed E-state index contributed by atoms with van der Waals surface area (Å²) in [5, 5.41) is 9.24. The quantitative estimate of drug-likeness (QED) is 0.831. The zero-order valence-corrected chi connectivity index (χ0v) is 12.1. The summed E-state index contributed by atoms with van der Waals surface area (Å²) in [5.41, 5.74) is 7.78. The number of hydrogen-bond acceptors (Lipinski definition) is 3. The number of ether oxygens (including phenoxy) is 1. The molecular weight excluding hydrogens is 325 g/mol. The molecule has 1 aliphatic rings. The first-order valence-electron chi connectivity index (χ1n) is 6.24.